The van der Waals surface area contributed by atoms with Crippen molar-refractivity contribution in [3.63, 3.8) is 0 Å². The molecule has 2 heterocycles. The van der Waals surface area contributed by atoms with Crippen molar-refractivity contribution in [2.24, 2.45) is 0 Å². The zero-order valence-corrected chi connectivity index (χ0v) is 18.1. The van der Waals surface area contributed by atoms with Crippen molar-refractivity contribution >= 4 is 27.3 Å². The number of carbonyl (C=O) groups excluding carboxylic acids is 1. The monoisotopic (exact) mass is 438 g/mol. The van der Waals surface area contributed by atoms with E-state index in [1.165, 1.54) is 11.3 Å². The van der Waals surface area contributed by atoms with Gasteiger partial charge in [-0.2, -0.15) is 4.31 Å². The molecular formula is C20H26N2O5S2. The predicted octanol–water partition coefficient (Wildman–Crippen LogP) is 2.67. The predicted molar refractivity (Wildman–Crippen MR) is 112 cm³/mol. The molecule has 1 fully saturated rings. The Morgan fingerprint density at radius 2 is 1.90 bits per heavy atom. The number of hydrogen-bond acceptors (Lipinski definition) is 6. The van der Waals surface area contributed by atoms with E-state index in [0.29, 0.717) is 41.9 Å². The molecule has 1 aromatic carbocycles. The van der Waals surface area contributed by atoms with Gasteiger partial charge in [-0.15, -0.1) is 11.3 Å². The van der Waals surface area contributed by atoms with Crippen LogP contribution in [0.25, 0.3) is 0 Å². The Kier molecular flexibility index (Phi) is 7.51. The lowest BCUT2D eigenvalue weighted by Gasteiger charge is -2.25. The van der Waals surface area contributed by atoms with Gasteiger partial charge in [0.2, 0.25) is 5.91 Å². The number of amides is 1. The van der Waals surface area contributed by atoms with E-state index in [1.54, 1.807) is 29.6 Å². The van der Waals surface area contributed by atoms with E-state index in [1.807, 2.05) is 18.2 Å². The van der Waals surface area contributed by atoms with Gasteiger partial charge in [-0.1, -0.05) is 12.5 Å². The van der Waals surface area contributed by atoms with Gasteiger partial charge < -0.3 is 14.8 Å². The molecule has 1 aromatic heterocycles. The topological polar surface area (TPSA) is 84.9 Å². The number of nitrogens with zero attached hydrogens (tertiary/aromatic N) is 1. The average Bonchev–Trinajstić information content (AvgIpc) is 3.21. The first-order chi connectivity index (χ1) is 14.0. The van der Waals surface area contributed by atoms with Crippen molar-refractivity contribution < 1.29 is 22.7 Å². The maximum Gasteiger partial charge on any atom is 0.252 e. The number of nitrogens with one attached hydrogen (secondary N) is 1. The van der Waals surface area contributed by atoms with E-state index in [4.69, 9.17) is 9.47 Å². The van der Waals surface area contributed by atoms with Crippen LogP contribution in [0.3, 0.4) is 0 Å². The molecule has 1 N–H and O–H groups in total. The van der Waals surface area contributed by atoms with Crippen LogP contribution in [0.5, 0.6) is 11.5 Å². The van der Waals surface area contributed by atoms with Crippen LogP contribution in [0.4, 0.5) is 0 Å². The largest absolute Gasteiger partial charge is 0.497 e. The van der Waals surface area contributed by atoms with Crippen molar-refractivity contribution in [2.45, 2.75) is 29.9 Å². The number of rotatable bonds is 9. The third-order valence-electron chi connectivity index (χ3n) is 4.62. The summed E-state index contributed by atoms with van der Waals surface area (Å²) in [6.45, 7) is 1.84. The summed E-state index contributed by atoms with van der Waals surface area (Å²) in [5.41, 5.74) is 0. The molecule has 3 rings (SSSR count). The number of benzene rings is 1. The van der Waals surface area contributed by atoms with Crippen LogP contribution in [0.15, 0.2) is 40.6 Å². The molecule has 0 aliphatic carbocycles. The summed E-state index contributed by atoms with van der Waals surface area (Å²) in [4.78, 5) is 12.9. The molecule has 2 aromatic rings. The van der Waals surface area contributed by atoms with Gasteiger partial charge in [0.25, 0.3) is 10.0 Å². The lowest BCUT2D eigenvalue weighted by molar-refractivity contribution is -0.120. The Morgan fingerprint density at radius 3 is 2.66 bits per heavy atom. The highest BCUT2D eigenvalue weighted by Gasteiger charge is 2.27. The summed E-state index contributed by atoms with van der Waals surface area (Å²) in [6.07, 6.45) is 3.03. The van der Waals surface area contributed by atoms with E-state index < -0.39 is 10.0 Å². The number of thiophene rings is 1. The van der Waals surface area contributed by atoms with Crippen LogP contribution in [0, 0.1) is 0 Å². The van der Waals surface area contributed by atoms with Gasteiger partial charge >= 0.3 is 0 Å². The summed E-state index contributed by atoms with van der Waals surface area (Å²) < 4.78 is 38.0. The van der Waals surface area contributed by atoms with Gasteiger partial charge in [-0.05, 0) is 37.1 Å². The van der Waals surface area contributed by atoms with Crippen molar-refractivity contribution in [1.29, 1.82) is 0 Å². The lowest BCUT2D eigenvalue weighted by Crippen LogP contribution is -2.35. The van der Waals surface area contributed by atoms with Crippen molar-refractivity contribution in [2.75, 3.05) is 33.4 Å². The molecule has 0 atom stereocenters. The number of hydrogen-bond donors (Lipinski definition) is 1. The van der Waals surface area contributed by atoms with Gasteiger partial charge in [-0.25, -0.2) is 8.42 Å². The molecule has 9 heteroatoms. The van der Waals surface area contributed by atoms with Crippen LogP contribution in [0.2, 0.25) is 0 Å². The number of sulfonamides is 1. The molecule has 1 aliphatic rings. The van der Waals surface area contributed by atoms with Crippen LogP contribution >= 0.6 is 11.3 Å². The minimum absolute atomic E-state index is 0.152. The first-order valence-electron chi connectivity index (χ1n) is 9.61. The second-order valence-corrected chi connectivity index (χ2v) is 10.1. The summed E-state index contributed by atoms with van der Waals surface area (Å²) >= 11 is 1.17. The fourth-order valence-electron chi connectivity index (χ4n) is 3.10. The normalized spacial score (nSPS) is 15.1. The number of carbonyl (C=O) groups is 1. The van der Waals surface area contributed by atoms with E-state index in [-0.39, 0.29) is 12.3 Å². The Labute approximate surface area is 175 Å². The SMILES string of the molecule is COc1cccc(OCCNC(=O)Cc2ccc(S(=O)(=O)N3CCCCC3)s2)c1. The van der Waals surface area contributed by atoms with Crippen molar-refractivity contribution in [1.82, 2.24) is 9.62 Å². The van der Waals surface area contributed by atoms with Gasteiger partial charge in [0.05, 0.1) is 20.1 Å². The van der Waals surface area contributed by atoms with E-state index >= 15 is 0 Å². The zero-order valence-electron chi connectivity index (χ0n) is 16.4. The maximum absolute atomic E-state index is 12.7. The van der Waals surface area contributed by atoms with Gasteiger partial charge in [-0.3, -0.25) is 4.79 Å². The molecule has 0 bridgehead atoms. The van der Waals surface area contributed by atoms with Crippen molar-refractivity contribution in [3.8, 4) is 11.5 Å². The molecule has 29 heavy (non-hydrogen) atoms. The van der Waals surface area contributed by atoms with Crippen LogP contribution in [-0.4, -0.2) is 52.0 Å². The van der Waals surface area contributed by atoms with Gasteiger partial charge in [0, 0.05) is 24.0 Å². The van der Waals surface area contributed by atoms with Crippen LogP contribution < -0.4 is 14.8 Å². The number of piperidine rings is 1. The van der Waals surface area contributed by atoms with E-state index in [2.05, 4.69) is 5.32 Å². The molecule has 158 valence electrons. The summed E-state index contributed by atoms with van der Waals surface area (Å²) in [7, 11) is -1.85. The molecule has 1 amide bonds. The third-order valence-corrected chi connectivity index (χ3v) is 8.07. The van der Waals surface area contributed by atoms with Gasteiger partial charge in [0.1, 0.15) is 22.3 Å². The second-order valence-electron chi connectivity index (χ2n) is 6.74. The van der Waals surface area contributed by atoms with Crippen molar-refractivity contribution in [3.05, 3.63) is 41.3 Å². The minimum atomic E-state index is -3.44. The molecule has 0 unspecified atom stereocenters. The molecule has 0 radical (unpaired) electrons. The Morgan fingerprint density at radius 1 is 1.14 bits per heavy atom. The Bertz CT molecular complexity index is 920. The standard InChI is InChI=1S/C20H26N2O5S2/c1-26-16-6-5-7-17(14-16)27-13-10-21-19(23)15-18-8-9-20(28-18)29(24,25)22-11-3-2-4-12-22/h5-9,14H,2-4,10-13,15H2,1H3,(H,21,23). The maximum atomic E-state index is 12.7. The number of ether oxygens (including phenoxy) is 2. The lowest BCUT2D eigenvalue weighted by atomic mass is 10.2. The third kappa shape index (κ3) is 5.94. The Hall–Kier alpha value is -2.10. The number of methoxy groups -OCH3 is 1. The van der Waals surface area contributed by atoms with E-state index in [9.17, 15) is 13.2 Å². The zero-order chi connectivity index (χ0) is 20.7. The highest BCUT2D eigenvalue weighted by atomic mass is 32.2. The minimum Gasteiger partial charge on any atom is -0.497 e. The molecule has 0 spiro atoms. The Balaban J connectivity index is 1.45. The second kappa shape index (κ2) is 10.1. The summed E-state index contributed by atoms with van der Waals surface area (Å²) in [5.74, 6) is 1.21. The molecular weight excluding hydrogens is 412 g/mol. The fourth-order valence-corrected chi connectivity index (χ4v) is 6.12. The van der Waals surface area contributed by atoms with Gasteiger partial charge in [0.15, 0.2) is 0 Å². The van der Waals surface area contributed by atoms with E-state index in [0.717, 1.165) is 24.1 Å². The highest BCUT2D eigenvalue weighted by Crippen LogP contribution is 2.27. The first kappa shape index (κ1) is 21.6. The van der Waals surface area contributed by atoms with Crippen LogP contribution in [-0.2, 0) is 21.2 Å². The highest BCUT2D eigenvalue weighted by molar-refractivity contribution is 7.91. The average molecular weight is 439 g/mol. The molecule has 1 aliphatic heterocycles. The smallest absolute Gasteiger partial charge is 0.252 e. The summed E-state index contributed by atoms with van der Waals surface area (Å²) in [5, 5.41) is 2.79. The van der Waals surface area contributed by atoms with Crippen LogP contribution in [0.1, 0.15) is 24.1 Å². The first-order valence-corrected chi connectivity index (χ1v) is 11.9. The fraction of sp³-hybridized carbons (Fsp3) is 0.450. The molecule has 0 saturated carbocycles. The quantitative estimate of drug-likeness (QED) is 0.609. The molecule has 7 nitrogen and oxygen atoms in total. The summed E-state index contributed by atoms with van der Waals surface area (Å²) in [6, 6.07) is 10.6. The molecule has 1 saturated heterocycles.